The molecule has 1 aromatic heterocycles. The predicted molar refractivity (Wildman–Crippen MR) is 272 cm³/mol. The molecule has 10 aromatic carbocycles. The van der Waals surface area contributed by atoms with Gasteiger partial charge < -0.3 is 0 Å². The molecule has 4 nitrogen and oxygen atoms in total. The molecule has 0 spiro atoms. The molecule has 0 atom stereocenters. The standard InChI is InChI=1S/C62H38N4/c1-63-57-39-45(48-28-10-13-31-55(48)62-65-60(42-20-6-3-7-21-42)64-61(66-62)54-30-12-9-26-46(54)40-18-4-2-5-19-40)36-37-51(57)50-29-11-8-27-47(50)43-24-14-25-44(38-43)49-32-17-34-53-52-33-15-22-41-23-16-35-56(58(41)52)59(49)53/h2-39H. The lowest BCUT2D eigenvalue weighted by Gasteiger charge is -2.16. The molecule has 11 aromatic rings. The SMILES string of the molecule is [C-]#[N+]c1cc(-c2ccccc2-c2nc(-c3ccccc3)nc(-c3ccccc3-c3ccccc3)n2)ccc1-c1ccccc1-c1cccc(-c2cccc3c2-c2cccc4cccc-3c24)c1. The number of fused-ring (bicyclic) bond motifs is 3. The van der Waals surface area contributed by atoms with Crippen molar-refractivity contribution in [2.75, 3.05) is 0 Å². The smallest absolute Gasteiger partial charge is 0.195 e. The fourth-order valence-corrected chi connectivity index (χ4v) is 9.74. The summed E-state index contributed by atoms with van der Waals surface area (Å²) in [5.41, 5.74) is 18.7. The molecule has 1 aliphatic rings. The van der Waals surface area contributed by atoms with Crippen molar-refractivity contribution in [2.45, 2.75) is 0 Å². The van der Waals surface area contributed by atoms with Crippen LogP contribution in [0.15, 0.2) is 231 Å². The van der Waals surface area contributed by atoms with Crippen molar-refractivity contribution in [2.24, 2.45) is 0 Å². The Balaban J connectivity index is 0.945. The highest BCUT2D eigenvalue weighted by atomic mass is 15.0. The van der Waals surface area contributed by atoms with Gasteiger partial charge in [0.05, 0.1) is 6.57 Å². The molecule has 1 aliphatic carbocycles. The minimum absolute atomic E-state index is 0.556. The van der Waals surface area contributed by atoms with Gasteiger partial charge in [-0.25, -0.2) is 19.8 Å². The Morgan fingerprint density at radius 3 is 1.38 bits per heavy atom. The Hall–Kier alpha value is -9.04. The van der Waals surface area contributed by atoms with E-state index in [1.807, 2.05) is 78.9 Å². The average molecular weight is 839 g/mol. The number of aromatic nitrogens is 3. The number of hydrogen-bond donors (Lipinski definition) is 0. The molecule has 1 heterocycles. The van der Waals surface area contributed by atoms with Gasteiger partial charge in [-0.1, -0.05) is 218 Å². The van der Waals surface area contributed by atoms with E-state index in [1.165, 1.54) is 38.6 Å². The molecule has 0 radical (unpaired) electrons. The van der Waals surface area contributed by atoms with E-state index in [-0.39, 0.29) is 0 Å². The summed E-state index contributed by atoms with van der Waals surface area (Å²) in [5, 5.41) is 2.58. The van der Waals surface area contributed by atoms with Crippen LogP contribution >= 0.6 is 0 Å². The molecule has 0 N–H and O–H groups in total. The maximum atomic E-state index is 8.54. The molecule has 0 bridgehead atoms. The van der Waals surface area contributed by atoms with E-state index in [0.717, 1.165) is 66.8 Å². The van der Waals surface area contributed by atoms with Gasteiger partial charge in [0.25, 0.3) is 0 Å². The number of hydrogen-bond acceptors (Lipinski definition) is 3. The van der Waals surface area contributed by atoms with Crippen molar-refractivity contribution in [3.05, 3.63) is 242 Å². The van der Waals surface area contributed by atoms with Crippen molar-refractivity contribution < 1.29 is 0 Å². The van der Waals surface area contributed by atoms with E-state index < -0.39 is 0 Å². The lowest BCUT2D eigenvalue weighted by Crippen LogP contribution is -2.02. The Morgan fingerprint density at radius 2 is 0.712 bits per heavy atom. The van der Waals surface area contributed by atoms with E-state index >= 15 is 0 Å². The lowest BCUT2D eigenvalue weighted by atomic mass is 9.89. The first-order chi connectivity index (χ1) is 32.7. The van der Waals surface area contributed by atoms with Gasteiger partial charge in [0.1, 0.15) is 0 Å². The third-order valence-corrected chi connectivity index (χ3v) is 12.7. The summed E-state index contributed by atoms with van der Waals surface area (Å²) in [4.78, 5) is 19.6. The molecule has 4 heteroatoms. The van der Waals surface area contributed by atoms with Crippen LogP contribution in [0.3, 0.4) is 0 Å². The first-order valence-corrected chi connectivity index (χ1v) is 22.1. The molecular formula is C62H38N4. The number of rotatable bonds is 8. The summed E-state index contributed by atoms with van der Waals surface area (Å²) < 4.78 is 0. The number of nitrogens with zero attached hydrogens (tertiary/aromatic N) is 4. The molecule has 306 valence electrons. The van der Waals surface area contributed by atoms with E-state index in [2.05, 4.69) is 157 Å². The first-order valence-electron chi connectivity index (χ1n) is 22.1. The lowest BCUT2D eigenvalue weighted by molar-refractivity contribution is 1.07. The Labute approximate surface area is 383 Å². The van der Waals surface area contributed by atoms with Gasteiger partial charge in [0, 0.05) is 16.7 Å². The Bertz CT molecular complexity index is 3710. The molecule has 0 fully saturated rings. The molecule has 12 rings (SSSR count). The second-order valence-electron chi connectivity index (χ2n) is 16.5. The first kappa shape index (κ1) is 38.6. The fraction of sp³-hybridized carbons (Fsp3) is 0. The third-order valence-electron chi connectivity index (χ3n) is 12.7. The fourth-order valence-electron chi connectivity index (χ4n) is 9.74. The summed E-state index contributed by atoms with van der Waals surface area (Å²) in [6, 6.07) is 80.2. The van der Waals surface area contributed by atoms with Crippen LogP contribution in [0.25, 0.3) is 128 Å². The van der Waals surface area contributed by atoms with Gasteiger partial charge in [0.2, 0.25) is 0 Å². The molecule has 0 saturated carbocycles. The summed E-state index contributed by atoms with van der Waals surface area (Å²) in [6.45, 7) is 8.54. The highest BCUT2D eigenvalue weighted by Crippen LogP contribution is 2.51. The van der Waals surface area contributed by atoms with Crippen LogP contribution in [0.4, 0.5) is 5.69 Å². The molecular weight excluding hydrogens is 801 g/mol. The minimum Gasteiger partial charge on any atom is -0.237 e. The van der Waals surface area contributed by atoms with Crippen LogP contribution in [-0.4, -0.2) is 15.0 Å². The van der Waals surface area contributed by atoms with Crippen molar-refractivity contribution >= 4 is 16.5 Å². The maximum Gasteiger partial charge on any atom is 0.195 e. The van der Waals surface area contributed by atoms with Crippen molar-refractivity contribution in [3.63, 3.8) is 0 Å². The quantitative estimate of drug-likeness (QED) is 0.143. The normalized spacial score (nSPS) is 11.3. The second-order valence-corrected chi connectivity index (χ2v) is 16.5. The van der Waals surface area contributed by atoms with Gasteiger partial charge in [-0.2, -0.15) is 0 Å². The van der Waals surface area contributed by atoms with E-state index in [9.17, 15) is 0 Å². The van der Waals surface area contributed by atoms with Gasteiger partial charge in [-0.05, 0) is 101 Å². The van der Waals surface area contributed by atoms with E-state index in [0.29, 0.717) is 23.2 Å². The van der Waals surface area contributed by atoms with Gasteiger partial charge >= 0.3 is 0 Å². The molecule has 0 saturated heterocycles. The zero-order chi connectivity index (χ0) is 44.0. The Kier molecular flexibility index (Phi) is 9.51. The summed E-state index contributed by atoms with van der Waals surface area (Å²) in [6.07, 6.45) is 0. The molecule has 0 unspecified atom stereocenters. The van der Waals surface area contributed by atoms with Crippen LogP contribution in [0.1, 0.15) is 0 Å². The second kappa shape index (κ2) is 16.3. The van der Waals surface area contributed by atoms with Crippen molar-refractivity contribution in [1.82, 2.24) is 15.0 Å². The third kappa shape index (κ3) is 6.66. The maximum absolute atomic E-state index is 8.54. The van der Waals surface area contributed by atoms with Crippen molar-refractivity contribution in [3.8, 4) is 112 Å². The largest absolute Gasteiger partial charge is 0.237 e. The minimum atomic E-state index is 0.556. The van der Waals surface area contributed by atoms with Crippen LogP contribution in [0, 0.1) is 6.57 Å². The zero-order valence-corrected chi connectivity index (χ0v) is 35.7. The number of benzene rings is 10. The van der Waals surface area contributed by atoms with Crippen LogP contribution in [0.5, 0.6) is 0 Å². The molecule has 66 heavy (non-hydrogen) atoms. The van der Waals surface area contributed by atoms with Gasteiger partial charge in [-0.3, -0.25) is 0 Å². The topological polar surface area (TPSA) is 43.0 Å². The van der Waals surface area contributed by atoms with Crippen LogP contribution in [-0.2, 0) is 0 Å². The van der Waals surface area contributed by atoms with Crippen LogP contribution < -0.4 is 0 Å². The summed E-state index contributed by atoms with van der Waals surface area (Å²) in [5.74, 6) is 1.73. The van der Waals surface area contributed by atoms with E-state index in [4.69, 9.17) is 21.5 Å². The summed E-state index contributed by atoms with van der Waals surface area (Å²) >= 11 is 0. The van der Waals surface area contributed by atoms with Crippen LogP contribution in [0.2, 0.25) is 0 Å². The highest BCUT2D eigenvalue weighted by molar-refractivity contribution is 6.18. The molecule has 0 aliphatic heterocycles. The highest BCUT2D eigenvalue weighted by Gasteiger charge is 2.25. The average Bonchev–Trinajstić information content (AvgIpc) is 3.74. The Morgan fingerprint density at radius 1 is 0.273 bits per heavy atom. The molecule has 0 amide bonds. The zero-order valence-electron chi connectivity index (χ0n) is 35.7. The van der Waals surface area contributed by atoms with Gasteiger partial charge in [-0.15, -0.1) is 0 Å². The van der Waals surface area contributed by atoms with Crippen molar-refractivity contribution in [1.29, 1.82) is 0 Å². The predicted octanol–water partition coefficient (Wildman–Crippen LogP) is 16.6. The van der Waals surface area contributed by atoms with E-state index in [1.54, 1.807) is 0 Å². The monoisotopic (exact) mass is 838 g/mol. The summed E-state index contributed by atoms with van der Waals surface area (Å²) in [7, 11) is 0. The van der Waals surface area contributed by atoms with Gasteiger partial charge in [0.15, 0.2) is 23.2 Å².